The Balaban J connectivity index is 1.45. The molecule has 4 rings (SSSR count). The second-order valence-corrected chi connectivity index (χ2v) is 9.53. The third kappa shape index (κ3) is 4.20. The van der Waals surface area contributed by atoms with E-state index in [1.165, 1.54) is 18.2 Å². The number of nitrogens with two attached hydrogens (primary N) is 2. The van der Waals surface area contributed by atoms with Gasteiger partial charge in [-0.2, -0.15) is 0 Å². The van der Waals surface area contributed by atoms with E-state index in [1.807, 2.05) is 0 Å². The molecule has 1 spiro atoms. The number of pyridine rings is 1. The summed E-state index contributed by atoms with van der Waals surface area (Å²) in [7, 11) is 0. The maximum Gasteiger partial charge on any atom is 0.158 e. The van der Waals surface area contributed by atoms with Gasteiger partial charge in [-0.05, 0) is 43.6 Å². The normalized spacial score (nSPS) is 20.7. The predicted octanol–water partition coefficient (Wildman–Crippen LogP) is 4.51. The number of anilines is 3. The van der Waals surface area contributed by atoms with Crippen molar-refractivity contribution < 1.29 is 0 Å². The fourth-order valence-corrected chi connectivity index (χ4v) is 5.60. The molecular weight excluding hydrogens is 427 g/mol. The fraction of sp³-hybridized carbons (Fsp3) is 0.450. The maximum absolute atomic E-state index is 6.22. The van der Waals surface area contributed by atoms with Crippen molar-refractivity contribution in [3.05, 3.63) is 22.4 Å². The minimum Gasteiger partial charge on any atom is -0.384 e. The largest absolute Gasteiger partial charge is 0.384 e. The molecule has 0 bridgehead atoms. The molecule has 0 radical (unpaired) electrons. The van der Waals surface area contributed by atoms with Gasteiger partial charge in [-0.3, -0.25) is 0 Å². The molecule has 6 nitrogen and oxygen atoms in total. The predicted molar refractivity (Wildman–Crippen MR) is 119 cm³/mol. The van der Waals surface area contributed by atoms with Crippen molar-refractivity contribution in [2.75, 3.05) is 29.5 Å². The Labute approximate surface area is 184 Å². The molecule has 2 aliphatic rings. The number of nitrogen functional groups attached to an aromatic ring is 2. The molecule has 2 fully saturated rings. The average Bonchev–Trinajstić information content (AvgIpc) is 3.10. The van der Waals surface area contributed by atoms with Crippen molar-refractivity contribution in [1.82, 2.24) is 15.0 Å². The molecular formula is C20H22Cl2N6S. The van der Waals surface area contributed by atoms with Crippen LogP contribution < -0.4 is 16.4 Å². The van der Waals surface area contributed by atoms with Gasteiger partial charge in [-0.25, -0.2) is 15.0 Å². The van der Waals surface area contributed by atoms with Crippen LogP contribution in [-0.4, -0.2) is 28.0 Å². The Hall–Kier alpha value is -1.88. The molecule has 4 N–H and O–H groups in total. The van der Waals surface area contributed by atoms with Gasteiger partial charge in [-0.1, -0.05) is 35.0 Å². The van der Waals surface area contributed by atoms with E-state index in [-0.39, 0.29) is 11.0 Å². The van der Waals surface area contributed by atoms with Crippen LogP contribution in [0.15, 0.2) is 22.2 Å². The van der Waals surface area contributed by atoms with Crippen LogP contribution in [0.2, 0.25) is 10.2 Å². The first-order valence-electron chi connectivity index (χ1n) is 9.52. The molecule has 2 aromatic rings. The van der Waals surface area contributed by atoms with Gasteiger partial charge in [0.25, 0.3) is 0 Å². The van der Waals surface area contributed by atoms with E-state index in [0.29, 0.717) is 32.1 Å². The van der Waals surface area contributed by atoms with Crippen LogP contribution in [0, 0.1) is 23.7 Å². The standard InChI is InChI=1S/C20H22Cl2N6S/c1-2-12-3-4-20(10-12)5-7-28(8-6-20)15-11-25-19(18(24)27-15)29-13-9-14(23)26-17(22)16(13)21/h1,9,11-12H,3-8,10H2,(H2,23,26)(H2,24,27)/t12-/m0/s1. The smallest absolute Gasteiger partial charge is 0.158 e. The van der Waals surface area contributed by atoms with Crippen LogP contribution in [0.3, 0.4) is 0 Å². The van der Waals surface area contributed by atoms with Crippen LogP contribution in [-0.2, 0) is 0 Å². The molecule has 1 aliphatic heterocycles. The molecule has 0 aromatic carbocycles. The van der Waals surface area contributed by atoms with Crippen molar-refractivity contribution >= 4 is 52.4 Å². The first-order chi connectivity index (χ1) is 13.9. The number of hydrogen-bond acceptors (Lipinski definition) is 7. The summed E-state index contributed by atoms with van der Waals surface area (Å²) in [4.78, 5) is 15.9. The number of piperidine rings is 1. The van der Waals surface area contributed by atoms with E-state index in [0.717, 1.165) is 44.6 Å². The second-order valence-electron chi connectivity index (χ2n) is 7.76. The molecule has 1 saturated heterocycles. The fourth-order valence-electron chi connectivity index (χ4n) is 4.30. The highest BCUT2D eigenvalue weighted by molar-refractivity contribution is 7.99. The van der Waals surface area contributed by atoms with Crippen LogP contribution in [0.4, 0.5) is 17.5 Å². The van der Waals surface area contributed by atoms with Gasteiger partial charge in [0.2, 0.25) is 0 Å². The summed E-state index contributed by atoms with van der Waals surface area (Å²) >= 11 is 13.5. The van der Waals surface area contributed by atoms with Gasteiger partial charge in [0.05, 0.1) is 11.2 Å². The zero-order chi connectivity index (χ0) is 20.6. The van der Waals surface area contributed by atoms with Crippen LogP contribution >= 0.6 is 35.0 Å². The Morgan fingerprint density at radius 2 is 1.97 bits per heavy atom. The lowest BCUT2D eigenvalue weighted by Gasteiger charge is -2.40. The summed E-state index contributed by atoms with van der Waals surface area (Å²) in [6.07, 6.45) is 13.2. The summed E-state index contributed by atoms with van der Waals surface area (Å²) in [6.45, 7) is 1.89. The van der Waals surface area contributed by atoms with Crippen molar-refractivity contribution in [3.8, 4) is 12.3 Å². The highest BCUT2D eigenvalue weighted by Gasteiger charge is 2.41. The lowest BCUT2D eigenvalue weighted by Crippen LogP contribution is -2.39. The zero-order valence-corrected chi connectivity index (χ0v) is 18.2. The SMILES string of the molecule is C#C[C@H]1CCC2(CCN(c3cnc(Sc4cc(N)nc(Cl)c4Cl)c(N)n3)CC2)C1. The van der Waals surface area contributed by atoms with Gasteiger partial charge >= 0.3 is 0 Å². The Kier molecular flexibility index (Phi) is 5.69. The molecule has 1 atom stereocenters. The van der Waals surface area contributed by atoms with Gasteiger partial charge in [-0.15, -0.1) is 12.3 Å². The van der Waals surface area contributed by atoms with E-state index in [1.54, 1.807) is 12.3 Å². The Morgan fingerprint density at radius 1 is 1.21 bits per heavy atom. The van der Waals surface area contributed by atoms with E-state index in [9.17, 15) is 0 Å². The maximum atomic E-state index is 6.22. The van der Waals surface area contributed by atoms with Crippen LogP contribution in [0.1, 0.15) is 32.1 Å². The molecule has 29 heavy (non-hydrogen) atoms. The number of hydrogen-bond donors (Lipinski definition) is 2. The summed E-state index contributed by atoms with van der Waals surface area (Å²) in [5.41, 5.74) is 12.3. The number of nitrogens with zero attached hydrogens (tertiary/aromatic N) is 4. The lowest BCUT2D eigenvalue weighted by atomic mass is 9.76. The average molecular weight is 449 g/mol. The van der Waals surface area contributed by atoms with Crippen molar-refractivity contribution in [2.24, 2.45) is 11.3 Å². The number of aromatic nitrogens is 3. The van der Waals surface area contributed by atoms with Crippen molar-refractivity contribution in [3.63, 3.8) is 0 Å². The molecule has 0 unspecified atom stereocenters. The Bertz CT molecular complexity index is 968. The molecule has 0 amide bonds. The summed E-state index contributed by atoms with van der Waals surface area (Å²) in [5, 5.41) is 1.02. The quantitative estimate of drug-likeness (QED) is 0.526. The Morgan fingerprint density at radius 3 is 2.62 bits per heavy atom. The van der Waals surface area contributed by atoms with Crippen molar-refractivity contribution in [1.29, 1.82) is 0 Å². The molecule has 1 saturated carbocycles. The number of terminal acetylenes is 1. The van der Waals surface area contributed by atoms with Crippen molar-refractivity contribution in [2.45, 2.75) is 42.0 Å². The minimum atomic E-state index is 0.151. The first-order valence-corrected chi connectivity index (χ1v) is 11.1. The second kappa shape index (κ2) is 8.10. The topological polar surface area (TPSA) is 94.0 Å². The number of halogens is 2. The van der Waals surface area contributed by atoms with E-state index >= 15 is 0 Å². The monoisotopic (exact) mass is 448 g/mol. The van der Waals surface area contributed by atoms with Gasteiger partial charge < -0.3 is 16.4 Å². The number of rotatable bonds is 3. The third-order valence-corrected chi connectivity index (χ3v) is 7.86. The van der Waals surface area contributed by atoms with Gasteiger partial charge in [0.1, 0.15) is 16.7 Å². The first kappa shape index (κ1) is 20.4. The van der Waals surface area contributed by atoms with Gasteiger partial charge in [0.15, 0.2) is 11.0 Å². The summed E-state index contributed by atoms with van der Waals surface area (Å²) in [5.74, 6) is 4.81. The van der Waals surface area contributed by atoms with Gasteiger partial charge in [0, 0.05) is 23.9 Å². The molecule has 152 valence electrons. The lowest BCUT2D eigenvalue weighted by molar-refractivity contribution is 0.222. The molecule has 9 heteroatoms. The minimum absolute atomic E-state index is 0.151. The molecule has 1 aliphatic carbocycles. The van der Waals surface area contributed by atoms with E-state index in [2.05, 4.69) is 25.8 Å². The van der Waals surface area contributed by atoms with E-state index in [4.69, 9.17) is 41.1 Å². The summed E-state index contributed by atoms with van der Waals surface area (Å²) < 4.78 is 0. The van der Waals surface area contributed by atoms with Crippen LogP contribution in [0.25, 0.3) is 0 Å². The summed E-state index contributed by atoms with van der Waals surface area (Å²) in [6, 6.07) is 1.64. The molecule has 3 heterocycles. The highest BCUT2D eigenvalue weighted by atomic mass is 35.5. The highest BCUT2D eigenvalue weighted by Crippen LogP contribution is 2.49. The zero-order valence-electron chi connectivity index (χ0n) is 15.9. The van der Waals surface area contributed by atoms with Crippen LogP contribution in [0.5, 0.6) is 0 Å². The van der Waals surface area contributed by atoms with E-state index < -0.39 is 0 Å². The third-order valence-electron chi connectivity index (χ3n) is 5.95. The molecule has 2 aromatic heterocycles.